The molecule has 0 saturated heterocycles. The fraction of sp³-hybridized carbons (Fsp3) is 0.0606. The van der Waals surface area contributed by atoms with E-state index < -0.39 is 17.5 Å². The standard InChI is InChI=1S/C33H25NO5/c1-22(24-13-7-3-8-14-24)34-31(35)29-20-26-17-18-27(21-30(26)39-33(29)37)38-32(36)28(25-15-9-4-10-16-25)19-23-11-5-2-6-12-23/h2-22H,1H3,(H,34,35)/b28-19+. The largest absolute Gasteiger partial charge is 0.423 e. The van der Waals surface area contributed by atoms with Gasteiger partial charge in [-0.15, -0.1) is 0 Å². The molecule has 6 nitrogen and oxygen atoms in total. The molecule has 1 unspecified atom stereocenters. The summed E-state index contributed by atoms with van der Waals surface area (Å²) in [6.07, 6.45) is 1.76. The summed E-state index contributed by atoms with van der Waals surface area (Å²) >= 11 is 0. The molecule has 0 radical (unpaired) electrons. The summed E-state index contributed by atoms with van der Waals surface area (Å²) in [5, 5.41) is 3.35. The first kappa shape index (κ1) is 25.4. The summed E-state index contributed by atoms with van der Waals surface area (Å²) in [5.74, 6) is -0.880. The monoisotopic (exact) mass is 515 g/mol. The molecule has 0 saturated carbocycles. The van der Waals surface area contributed by atoms with Crippen LogP contribution in [-0.4, -0.2) is 11.9 Å². The molecule has 1 amide bonds. The second kappa shape index (κ2) is 11.4. The summed E-state index contributed by atoms with van der Waals surface area (Å²) in [6.45, 7) is 1.84. The lowest BCUT2D eigenvalue weighted by Crippen LogP contribution is -2.30. The van der Waals surface area contributed by atoms with Crippen molar-refractivity contribution in [1.29, 1.82) is 0 Å². The molecule has 6 heteroatoms. The Morgan fingerprint density at radius 2 is 1.46 bits per heavy atom. The van der Waals surface area contributed by atoms with E-state index in [2.05, 4.69) is 5.32 Å². The zero-order valence-electron chi connectivity index (χ0n) is 21.2. The third kappa shape index (κ3) is 6.02. The molecule has 5 rings (SSSR count). The molecule has 39 heavy (non-hydrogen) atoms. The van der Waals surface area contributed by atoms with Gasteiger partial charge in [0.05, 0.1) is 11.6 Å². The van der Waals surface area contributed by atoms with Gasteiger partial charge in [-0.3, -0.25) is 4.79 Å². The first-order chi connectivity index (χ1) is 19.0. The summed E-state index contributed by atoms with van der Waals surface area (Å²) in [4.78, 5) is 38.7. The van der Waals surface area contributed by atoms with Crippen molar-refractivity contribution in [3.63, 3.8) is 0 Å². The van der Waals surface area contributed by atoms with Gasteiger partial charge in [0.25, 0.3) is 5.91 Å². The minimum absolute atomic E-state index is 0.104. The predicted molar refractivity (Wildman–Crippen MR) is 151 cm³/mol. The number of carbonyl (C=O) groups is 2. The van der Waals surface area contributed by atoms with Gasteiger partial charge in [-0.25, -0.2) is 9.59 Å². The number of ether oxygens (including phenoxy) is 1. The van der Waals surface area contributed by atoms with Crippen LogP contribution < -0.4 is 15.7 Å². The van der Waals surface area contributed by atoms with Crippen molar-refractivity contribution in [2.24, 2.45) is 0 Å². The van der Waals surface area contributed by atoms with E-state index in [1.165, 1.54) is 12.1 Å². The van der Waals surface area contributed by atoms with Gasteiger partial charge in [0, 0.05) is 11.5 Å². The van der Waals surface area contributed by atoms with Crippen molar-refractivity contribution < 1.29 is 18.7 Å². The van der Waals surface area contributed by atoms with E-state index in [9.17, 15) is 14.4 Å². The Morgan fingerprint density at radius 1 is 0.821 bits per heavy atom. The van der Waals surface area contributed by atoms with Gasteiger partial charge in [-0.1, -0.05) is 91.0 Å². The van der Waals surface area contributed by atoms with Crippen LogP contribution in [0.3, 0.4) is 0 Å². The first-order valence-corrected chi connectivity index (χ1v) is 12.5. The number of amides is 1. The van der Waals surface area contributed by atoms with Gasteiger partial charge in [-0.05, 0) is 47.9 Å². The molecule has 0 aliphatic heterocycles. The van der Waals surface area contributed by atoms with Crippen molar-refractivity contribution in [1.82, 2.24) is 5.32 Å². The van der Waals surface area contributed by atoms with Crippen LogP contribution in [0.25, 0.3) is 22.6 Å². The third-order valence-corrected chi connectivity index (χ3v) is 6.23. The predicted octanol–water partition coefficient (Wildman–Crippen LogP) is 6.43. The van der Waals surface area contributed by atoms with E-state index >= 15 is 0 Å². The number of rotatable bonds is 7. The number of hydrogen-bond acceptors (Lipinski definition) is 5. The first-order valence-electron chi connectivity index (χ1n) is 12.5. The van der Waals surface area contributed by atoms with Gasteiger partial charge in [0.1, 0.15) is 16.9 Å². The molecule has 1 atom stereocenters. The minimum atomic E-state index is -0.780. The zero-order chi connectivity index (χ0) is 27.2. The van der Waals surface area contributed by atoms with Crippen LogP contribution in [0.15, 0.2) is 124 Å². The molecule has 1 aromatic heterocycles. The Balaban J connectivity index is 1.39. The Hall–Kier alpha value is -5.23. The molecule has 0 aliphatic carbocycles. The van der Waals surface area contributed by atoms with E-state index in [0.29, 0.717) is 16.5 Å². The van der Waals surface area contributed by atoms with Crippen LogP contribution in [0.2, 0.25) is 0 Å². The molecule has 0 aliphatic rings. The lowest BCUT2D eigenvalue weighted by Gasteiger charge is -2.14. The highest BCUT2D eigenvalue weighted by Gasteiger charge is 2.19. The minimum Gasteiger partial charge on any atom is -0.423 e. The summed E-state index contributed by atoms with van der Waals surface area (Å²) in [7, 11) is 0. The topological polar surface area (TPSA) is 85.6 Å². The molecular formula is C33H25NO5. The van der Waals surface area contributed by atoms with Crippen LogP contribution in [-0.2, 0) is 4.79 Å². The molecule has 1 heterocycles. The number of benzene rings is 4. The molecule has 0 spiro atoms. The maximum atomic E-state index is 13.2. The summed E-state index contributed by atoms with van der Waals surface area (Å²) < 4.78 is 11.1. The summed E-state index contributed by atoms with van der Waals surface area (Å²) in [6, 6.07) is 34.1. The maximum absolute atomic E-state index is 13.2. The van der Waals surface area contributed by atoms with Crippen LogP contribution >= 0.6 is 0 Å². The summed E-state index contributed by atoms with van der Waals surface area (Å²) in [5.41, 5.74) is 2.17. The molecule has 0 fully saturated rings. The average Bonchev–Trinajstić information content (AvgIpc) is 2.96. The number of hydrogen-bond donors (Lipinski definition) is 1. The van der Waals surface area contributed by atoms with E-state index in [1.807, 2.05) is 97.9 Å². The van der Waals surface area contributed by atoms with Gasteiger partial charge in [0.15, 0.2) is 0 Å². The maximum Gasteiger partial charge on any atom is 0.349 e. The normalized spacial score (nSPS) is 12.1. The van der Waals surface area contributed by atoms with E-state index in [-0.39, 0.29) is 22.9 Å². The number of nitrogens with one attached hydrogen (secondary N) is 1. The molecular weight excluding hydrogens is 490 g/mol. The van der Waals surface area contributed by atoms with E-state index in [4.69, 9.17) is 9.15 Å². The number of esters is 1. The van der Waals surface area contributed by atoms with Crippen molar-refractivity contribution in [3.05, 3.63) is 148 Å². The highest BCUT2D eigenvalue weighted by Crippen LogP contribution is 2.25. The third-order valence-electron chi connectivity index (χ3n) is 6.23. The Kier molecular flexibility index (Phi) is 7.46. The van der Waals surface area contributed by atoms with Crippen molar-refractivity contribution in [2.45, 2.75) is 13.0 Å². The smallest absolute Gasteiger partial charge is 0.349 e. The quantitative estimate of drug-likeness (QED) is 0.0888. The molecule has 0 bridgehead atoms. The number of fused-ring (bicyclic) bond motifs is 1. The lowest BCUT2D eigenvalue weighted by molar-refractivity contribution is -0.127. The molecule has 5 aromatic rings. The average molecular weight is 516 g/mol. The highest BCUT2D eigenvalue weighted by molar-refractivity contribution is 6.22. The Bertz CT molecular complexity index is 1710. The van der Waals surface area contributed by atoms with Crippen LogP contribution in [0.1, 0.15) is 40.0 Å². The molecule has 192 valence electrons. The fourth-order valence-electron chi connectivity index (χ4n) is 4.17. The molecule has 4 aromatic carbocycles. The molecule has 1 N–H and O–H groups in total. The van der Waals surface area contributed by atoms with Crippen LogP contribution in [0.5, 0.6) is 5.75 Å². The second-order valence-corrected chi connectivity index (χ2v) is 8.98. The van der Waals surface area contributed by atoms with Crippen molar-refractivity contribution in [3.8, 4) is 5.75 Å². The lowest BCUT2D eigenvalue weighted by atomic mass is 10.0. The Morgan fingerprint density at radius 3 is 2.15 bits per heavy atom. The van der Waals surface area contributed by atoms with Gasteiger partial charge in [-0.2, -0.15) is 0 Å². The number of carbonyl (C=O) groups excluding carboxylic acids is 2. The zero-order valence-corrected chi connectivity index (χ0v) is 21.2. The highest BCUT2D eigenvalue weighted by atomic mass is 16.5. The second-order valence-electron chi connectivity index (χ2n) is 8.98. The SMILES string of the molecule is CC(NC(=O)c1cc2ccc(OC(=O)/C(=C/c3ccccc3)c3ccccc3)cc2oc1=O)c1ccccc1. The van der Waals surface area contributed by atoms with Crippen LogP contribution in [0.4, 0.5) is 0 Å². The van der Waals surface area contributed by atoms with Gasteiger partial charge < -0.3 is 14.5 Å². The van der Waals surface area contributed by atoms with Gasteiger partial charge >= 0.3 is 11.6 Å². The van der Waals surface area contributed by atoms with E-state index in [1.54, 1.807) is 18.2 Å². The van der Waals surface area contributed by atoms with Gasteiger partial charge in [0.2, 0.25) is 0 Å². The van der Waals surface area contributed by atoms with Crippen molar-refractivity contribution in [2.75, 3.05) is 0 Å². The van der Waals surface area contributed by atoms with Crippen LogP contribution in [0, 0.1) is 0 Å². The fourth-order valence-corrected chi connectivity index (χ4v) is 4.17. The Labute approximate surface area is 225 Å². The van der Waals surface area contributed by atoms with E-state index in [0.717, 1.165) is 11.1 Å². The van der Waals surface area contributed by atoms with Crippen molar-refractivity contribution >= 4 is 34.5 Å².